The van der Waals surface area contributed by atoms with E-state index in [0.717, 1.165) is 24.8 Å². The number of hydrogen-bond donors (Lipinski definition) is 2. The van der Waals surface area contributed by atoms with E-state index in [1.807, 2.05) is 6.92 Å². The summed E-state index contributed by atoms with van der Waals surface area (Å²) < 4.78 is 19.0. The molecule has 2 rings (SSSR count). The van der Waals surface area contributed by atoms with Crippen molar-refractivity contribution in [1.29, 1.82) is 0 Å². The van der Waals surface area contributed by atoms with Gasteiger partial charge < -0.3 is 15.8 Å². The molecular formula is C16H23FN2O2. The van der Waals surface area contributed by atoms with Gasteiger partial charge in [0.1, 0.15) is 11.6 Å². The first-order valence-corrected chi connectivity index (χ1v) is 7.54. The van der Waals surface area contributed by atoms with Crippen molar-refractivity contribution in [2.45, 2.75) is 51.1 Å². The summed E-state index contributed by atoms with van der Waals surface area (Å²) in [5, 5.41) is 2.91. The minimum Gasteiger partial charge on any atom is -0.493 e. The summed E-state index contributed by atoms with van der Waals surface area (Å²) in [6.07, 6.45) is 3.85. The zero-order chi connectivity index (χ0) is 15.2. The molecule has 1 atom stereocenters. The van der Waals surface area contributed by atoms with Crippen molar-refractivity contribution in [3.8, 4) is 5.75 Å². The Morgan fingerprint density at radius 1 is 1.52 bits per heavy atom. The maximum absolute atomic E-state index is 13.3. The van der Waals surface area contributed by atoms with Crippen LogP contribution in [0.25, 0.3) is 0 Å². The van der Waals surface area contributed by atoms with Crippen molar-refractivity contribution in [3.63, 3.8) is 0 Å². The second-order valence-electron chi connectivity index (χ2n) is 5.56. The topological polar surface area (TPSA) is 64.3 Å². The second-order valence-corrected chi connectivity index (χ2v) is 5.56. The molecule has 116 valence electrons. The molecule has 0 spiro atoms. The third-order valence-corrected chi connectivity index (χ3v) is 3.56. The third kappa shape index (κ3) is 5.34. The minimum atomic E-state index is -0.299. The lowest BCUT2D eigenvalue weighted by Crippen LogP contribution is -2.27. The number of benzene rings is 1. The van der Waals surface area contributed by atoms with Gasteiger partial charge in [0.15, 0.2) is 0 Å². The molecule has 0 aliphatic heterocycles. The minimum absolute atomic E-state index is 0.00595. The van der Waals surface area contributed by atoms with Crippen LogP contribution in [0.3, 0.4) is 0 Å². The standard InChI is InChI=1S/C16H23FN2O2/c1-2-13(18)10-11-9-12(17)3-6-15(11)21-8-7-16(20)19-14-4-5-14/h3,6,9,13-14H,2,4-5,7-8,10,18H2,1H3,(H,19,20). The van der Waals surface area contributed by atoms with Gasteiger partial charge in [0.25, 0.3) is 0 Å². The molecule has 1 unspecified atom stereocenters. The lowest BCUT2D eigenvalue weighted by atomic mass is 10.0. The van der Waals surface area contributed by atoms with E-state index < -0.39 is 0 Å². The summed E-state index contributed by atoms with van der Waals surface area (Å²) in [5.41, 5.74) is 6.68. The number of amides is 1. The van der Waals surface area contributed by atoms with Gasteiger partial charge in [0, 0.05) is 12.1 Å². The summed E-state index contributed by atoms with van der Waals surface area (Å²) >= 11 is 0. The molecule has 0 aromatic heterocycles. The van der Waals surface area contributed by atoms with E-state index in [4.69, 9.17) is 10.5 Å². The summed E-state index contributed by atoms with van der Waals surface area (Å²) in [6, 6.07) is 4.76. The largest absolute Gasteiger partial charge is 0.493 e. The van der Waals surface area contributed by atoms with Gasteiger partial charge >= 0.3 is 0 Å². The first-order chi connectivity index (χ1) is 10.1. The normalized spacial score (nSPS) is 15.6. The molecule has 1 aromatic carbocycles. The van der Waals surface area contributed by atoms with Gasteiger partial charge in [0.2, 0.25) is 5.91 Å². The molecule has 21 heavy (non-hydrogen) atoms. The predicted molar refractivity (Wildman–Crippen MR) is 79.6 cm³/mol. The fourth-order valence-corrected chi connectivity index (χ4v) is 2.06. The van der Waals surface area contributed by atoms with Crippen molar-refractivity contribution in [2.24, 2.45) is 5.73 Å². The number of nitrogens with one attached hydrogen (secondary N) is 1. The monoisotopic (exact) mass is 294 g/mol. The molecule has 1 aliphatic carbocycles. The Balaban J connectivity index is 1.87. The third-order valence-electron chi connectivity index (χ3n) is 3.56. The van der Waals surface area contributed by atoms with E-state index >= 15 is 0 Å². The quantitative estimate of drug-likeness (QED) is 0.772. The molecule has 0 radical (unpaired) electrons. The summed E-state index contributed by atoms with van der Waals surface area (Å²) in [6.45, 7) is 2.28. The molecule has 0 saturated heterocycles. The smallest absolute Gasteiger partial charge is 0.223 e. The highest BCUT2D eigenvalue weighted by atomic mass is 19.1. The number of nitrogens with two attached hydrogens (primary N) is 1. The van der Waals surface area contributed by atoms with Gasteiger partial charge in [0.05, 0.1) is 13.0 Å². The molecule has 0 heterocycles. The van der Waals surface area contributed by atoms with E-state index in [-0.39, 0.29) is 17.8 Å². The zero-order valence-electron chi connectivity index (χ0n) is 12.4. The molecule has 0 bridgehead atoms. The van der Waals surface area contributed by atoms with Crippen molar-refractivity contribution in [2.75, 3.05) is 6.61 Å². The molecule has 1 aromatic rings. The Bertz CT molecular complexity index is 489. The highest BCUT2D eigenvalue weighted by Crippen LogP contribution is 2.22. The lowest BCUT2D eigenvalue weighted by molar-refractivity contribution is -0.121. The number of carbonyl (C=O) groups excluding carboxylic acids is 1. The number of carbonyl (C=O) groups is 1. The summed E-state index contributed by atoms with van der Waals surface area (Å²) in [5.74, 6) is 0.318. The van der Waals surface area contributed by atoms with Crippen molar-refractivity contribution >= 4 is 5.91 Å². The Morgan fingerprint density at radius 3 is 2.95 bits per heavy atom. The van der Waals surface area contributed by atoms with Crippen LogP contribution in [0, 0.1) is 5.82 Å². The predicted octanol–water partition coefficient (Wildman–Crippen LogP) is 2.15. The number of halogens is 1. The Hall–Kier alpha value is -1.62. The van der Waals surface area contributed by atoms with E-state index in [9.17, 15) is 9.18 Å². The van der Waals surface area contributed by atoms with Crippen LogP contribution in [-0.2, 0) is 11.2 Å². The van der Waals surface area contributed by atoms with Crippen LogP contribution in [0.2, 0.25) is 0 Å². The maximum Gasteiger partial charge on any atom is 0.223 e. The molecule has 1 aliphatic rings. The number of rotatable bonds is 8. The van der Waals surface area contributed by atoms with Crippen LogP contribution in [0.4, 0.5) is 4.39 Å². The van der Waals surface area contributed by atoms with Gasteiger partial charge in [-0.15, -0.1) is 0 Å². The highest BCUT2D eigenvalue weighted by molar-refractivity contribution is 5.76. The Kier molecular flexibility index (Phi) is 5.56. The van der Waals surface area contributed by atoms with Gasteiger partial charge in [-0.05, 0) is 49.4 Å². The molecule has 5 heteroatoms. The Morgan fingerprint density at radius 2 is 2.29 bits per heavy atom. The first-order valence-electron chi connectivity index (χ1n) is 7.54. The first kappa shape index (κ1) is 15.8. The number of hydrogen-bond acceptors (Lipinski definition) is 3. The van der Waals surface area contributed by atoms with E-state index in [1.165, 1.54) is 12.1 Å². The summed E-state index contributed by atoms with van der Waals surface area (Å²) in [4.78, 5) is 11.6. The number of ether oxygens (including phenoxy) is 1. The maximum atomic E-state index is 13.3. The van der Waals surface area contributed by atoms with Gasteiger partial charge in [-0.2, -0.15) is 0 Å². The van der Waals surface area contributed by atoms with Gasteiger partial charge in [-0.3, -0.25) is 4.79 Å². The molecule has 1 amide bonds. The van der Waals surface area contributed by atoms with Crippen molar-refractivity contribution in [1.82, 2.24) is 5.32 Å². The zero-order valence-corrected chi connectivity index (χ0v) is 12.4. The lowest BCUT2D eigenvalue weighted by Gasteiger charge is -2.14. The molecule has 1 saturated carbocycles. The molecule has 4 nitrogen and oxygen atoms in total. The van der Waals surface area contributed by atoms with E-state index in [1.54, 1.807) is 6.07 Å². The molecule has 1 fully saturated rings. The van der Waals surface area contributed by atoms with Gasteiger partial charge in [-0.25, -0.2) is 4.39 Å². The van der Waals surface area contributed by atoms with E-state index in [2.05, 4.69) is 5.32 Å². The average molecular weight is 294 g/mol. The van der Waals surface area contributed by atoms with Crippen LogP contribution in [0.1, 0.15) is 38.2 Å². The highest BCUT2D eigenvalue weighted by Gasteiger charge is 2.22. The van der Waals surface area contributed by atoms with Crippen LogP contribution >= 0.6 is 0 Å². The van der Waals surface area contributed by atoms with Gasteiger partial charge in [-0.1, -0.05) is 6.92 Å². The molecular weight excluding hydrogens is 271 g/mol. The SMILES string of the molecule is CCC(N)Cc1cc(F)ccc1OCCC(=O)NC1CC1. The van der Waals surface area contributed by atoms with Crippen LogP contribution in [0.5, 0.6) is 5.75 Å². The van der Waals surface area contributed by atoms with E-state index in [0.29, 0.717) is 31.2 Å². The summed E-state index contributed by atoms with van der Waals surface area (Å²) in [7, 11) is 0. The fourth-order valence-electron chi connectivity index (χ4n) is 2.06. The molecule has 3 N–H and O–H groups in total. The van der Waals surface area contributed by atoms with Crippen LogP contribution in [0.15, 0.2) is 18.2 Å². The second kappa shape index (κ2) is 7.41. The van der Waals surface area contributed by atoms with Crippen molar-refractivity contribution in [3.05, 3.63) is 29.6 Å². The van der Waals surface area contributed by atoms with Crippen LogP contribution in [-0.4, -0.2) is 24.6 Å². The Labute approximate surface area is 124 Å². The average Bonchev–Trinajstić information content (AvgIpc) is 3.25. The fraction of sp³-hybridized carbons (Fsp3) is 0.562. The van der Waals surface area contributed by atoms with Crippen molar-refractivity contribution < 1.29 is 13.9 Å². The van der Waals surface area contributed by atoms with Crippen LogP contribution < -0.4 is 15.8 Å².